The molecule has 1 heterocycles. The summed E-state index contributed by atoms with van der Waals surface area (Å²) >= 11 is 0. The molecule has 0 fully saturated rings. The Morgan fingerprint density at radius 3 is 2.44 bits per heavy atom. The van der Waals surface area contributed by atoms with Gasteiger partial charge in [0.1, 0.15) is 17.4 Å². The van der Waals surface area contributed by atoms with Gasteiger partial charge in [0.2, 0.25) is 0 Å². The molecule has 3 rings (SSSR count). The number of anilines is 1. The van der Waals surface area contributed by atoms with Crippen molar-refractivity contribution in [1.29, 1.82) is 0 Å². The second-order valence-corrected chi connectivity index (χ2v) is 8.58. The van der Waals surface area contributed by atoms with Crippen molar-refractivity contribution in [2.24, 2.45) is 0 Å². The zero-order chi connectivity index (χ0) is 19.6. The summed E-state index contributed by atoms with van der Waals surface area (Å²) in [6, 6.07) is 13.7. The zero-order valence-electron chi connectivity index (χ0n) is 15.6. The second-order valence-electron chi connectivity index (χ2n) is 6.90. The summed E-state index contributed by atoms with van der Waals surface area (Å²) in [6.07, 6.45) is -0.771. The minimum atomic E-state index is -3.67. The smallest absolute Gasteiger partial charge is 0.261 e. The predicted octanol–water partition coefficient (Wildman–Crippen LogP) is 3.57. The molecule has 0 saturated carbocycles. The highest BCUT2D eigenvalue weighted by atomic mass is 32.2. The van der Waals surface area contributed by atoms with E-state index in [0.717, 1.165) is 10.9 Å². The van der Waals surface area contributed by atoms with Crippen LogP contribution in [0.3, 0.4) is 0 Å². The maximum absolute atomic E-state index is 12.5. The molecule has 0 radical (unpaired) electrons. The Morgan fingerprint density at radius 2 is 1.78 bits per heavy atom. The molecule has 6 nitrogen and oxygen atoms in total. The highest BCUT2D eigenvalue weighted by Gasteiger charge is 2.16. The molecule has 144 valence electrons. The van der Waals surface area contributed by atoms with E-state index in [2.05, 4.69) is 10.0 Å². The van der Waals surface area contributed by atoms with Gasteiger partial charge >= 0.3 is 0 Å². The van der Waals surface area contributed by atoms with Crippen LogP contribution in [-0.2, 0) is 10.0 Å². The lowest BCUT2D eigenvalue weighted by atomic mass is 10.2. The molecule has 7 heteroatoms. The first-order chi connectivity index (χ1) is 12.7. The number of aryl methyl sites for hydroxylation is 1. The van der Waals surface area contributed by atoms with Crippen LogP contribution in [-0.4, -0.2) is 26.1 Å². The van der Waals surface area contributed by atoms with Gasteiger partial charge in [-0.15, -0.1) is 0 Å². The Morgan fingerprint density at radius 1 is 1.07 bits per heavy atom. The first-order valence-corrected chi connectivity index (χ1v) is 10.3. The maximum atomic E-state index is 12.5. The molecule has 1 atom stereocenters. The molecule has 0 aliphatic carbocycles. The van der Waals surface area contributed by atoms with Crippen molar-refractivity contribution < 1.29 is 17.9 Å². The minimum absolute atomic E-state index is 0.205. The highest BCUT2D eigenvalue weighted by Crippen LogP contribution is 2.27. The van der Waals surface area contributed by atoms with Crippen molar-refractivity contribution in [2.45, 2.75) is 37.8 Å². The van der Waals surface area contributed by atoms with Crippen LogP contribution in [0.5, 0.6) is 0 Å². The molecule has 2 aromatic carbocycles. The van der Waals surface area contributed by atoms with Crippen LogP contribution in [0.1, 0.15) is 31.3 Å². The fraction of sp³-hybridized carbons (Fsp3) is 0.300. The van der Waals surface area contributed by atoms with E-state index in [-0.39, 0.29) is 10.9 Å². The van der Waals surface area contributed by atoms with Crippen LogP contribution in [0.2, 0.25) is 0 Å². The van der Waals surface area contributed by atoms with Gasteiger partial charge < -0.3 is 14.8 Å². The summed E-state index contributed by atoms with van der Waals surface area (Å²) in [6.45, 7) is 6.28. The first kappa shape index (κ1) is 19.4. The molecule has 27 heavy (non-hydrogen) atoms. The lowest BCUT2D eigenvalue weighted by Gasteiger charge is -2.11. The molecule has 3 aromatic rings. The van der Waals surface area contributed by atoms with Crippen molar-refractivity contribution in [1.82, 2.24) is 5.32 Å². The molecule has 0 spiro atoms. The van der Waals surface area contributed by atoms with Crippen molar-refractivity contribution in [3.05, 3.63) is 59.9 Å². The molecule has 3 N–H and O–H groups in total. The third-order valence-electron chi connectivity index (χ3n) is 4.17. The average molecular weight is 388 g/mol. The number of aliphatic hydroxyl groups excluding tert-OH is 1. The van der Waals surface area contributed by atoms with Gasteiger partial charge in [-0.1, -0.05) is 31.5 Å². The van der Waals surface area contributed by atoms with E-state index in [4.69, 9.17) is 4.42 Å². The standard InChI is InChI=1S/C20H24N2O4S/c1-13(2)21-12-18(23)20-11-15-10-16(6-9-19(15)26-20)22-27(24,25)17-7-4-14(3)5-8-17/h4-11,13,18,21-23H,12H2,1-3H3. The van der Waals surface area contributed by atoms with E-state index < -0.39 is 16.1 Å². The van der Waals surface area contributed by atoms with Gasteiger partial charge in [-0.2, -0.15) is 0 Å². The summed E-state index contributed by atoms with van der Waals surface area (Å²) in [5.41, 5.74) is 2.02. The first-order valence-electron chi connectivity index (χ1n) is 8.79. The van der Waals surface area contributed by atoms with Gasteiger partial charge in [0, 0.05) is 23.7 Å². The third kappa shape index (κ3) is 4.68. The van der Waals surface area contributed by atoms with Crippen LogP contribution < -0.4 is 10.0 Å². The van der Waals surface area contributed by atoms with Gasteiger partial charge in [0.15, 0.2) is 0 Å². The highest BCUT2D eigenvalue weighted by molar-refractivity contribution is 7.92. The van der Waals surface area contributed by atoms with Crippen molar-refractivity contribution in [3.8, 4) is 0 Å². The number of sulfonamides is 1. The molecule has 0 bridgehead atoms. The normalized spacial score (nSPS) is 13.2. The van der Waals surface area contributed by atoms with E-state index >= 15 is 0 Å². The Labute approximate surface area is 159 Å². The zero-order valence-corrected chi connectivity index (χ0v) is 16.4. The number of fused-ring (bicyclic) bond motifs is 1. The maximum Gasteiger partial charge on any atom is 0.261 e. The molecule has 1 unspecified atom stereocenters. The summed E-state index contributed by atoms with van der Waals surface area (Å²) in [5, 5.41) is 14.1. The quantitative estimate of drug-likeness (QED) is 0.575. The van der Waals surface area contributed by atoms with Gasteiger partial charge in [-0.05, 0) is 43.3 Å². The van der Waals surface area contributed by atoms with Crippen LogP contribution in [0.15, 0.2) is 57.8 Å². The van der Waals surface area contributed by atoms with Crippen molar-refractivity contribution in [3.63, 3.8) is 0 Å². The lowest BCUT2D eigenvalue weighted by molar-refractivity contribution is 0.147. The Balaban J connectivity index is 1.81. The van der Waals surface area contributed by atoms with Crippen LogP contribution in [0.25, 0.3) is 11.0 Å². The van der Waals surface area contributed by atoms with Gasteiger partial charge in [0.25, 0.3) is 10.0 Å². The SMILES string of the molecule is Cc1ccc(S(=O)(=O)Nc2ccc3oc(C(O)CNC(C)C)cc3c2)cc1. The van der Waals surface area contributed by atoms with E-state index in [1.807, 2.05) is 20.8 Å². The average Bonchev–Trinajstić information content (AvgIpc) is 3.03. The van der Waals surface area contributed by atoms with Crippen molar-refractivity contribution in [2.75, 3.05) is 11.3 Å². The number of rotatable bonds is 7. The summed E-state index contributed by atoms with van der Waals surface area (Å²) < 4.78 is 33.3. The fourth-order valence-electron chi connectivity index (χ4n) is 2.67. The third-order valence-corrected chi connectivity index (χ3v) is 5.56. The Kier molecular flexibility index (Phi) is 5.55. The van der Waals surface area contributed by atoms with E-state index in [1.54, 1.807) is 48.5 Å². The fourth-order valence-corrected chi connectivity index (χ4v) is 3.72. The molecule has 1 aromatic heterocycles. The van der Waals surface area contributed by atoms with E-state index in [9.17, 15) is 13.5 Å². The molecular formula is C20H24N2O4S. The molecule has 0 aliphatic heterocycles. The van der Waals surface area contributed by atoms with Crippen molar-refractivity contribution >= 4 is 26.7 Å². The van der Waals surface area contributed by atoms with Crippen LogP contribution in [0.4, 0.5) is 5.69 Å². The van der Waals surface area contributed by atoms with Crippen LogP contribution in [0, 0.1) is 6.92 Å². The van der Waals surface area contributed by atoms with Gasteiger partial charge in [-0.3, -0.25) is 4.72 Å². The van der Waals surface area contributed by atoms with Gasteiger partial charge in [-0.25, -0.2) is 8.42 Å². The van der Waals surface area contributed by atoms with Crippen LogP contribution >= 0.6 is 0 Å². The van der Waals surface area contributed by atoms with Gasteiger partial charge in [0.05, 0.1) is 4.90 Å². The molecule has 0 saturated heterocycles. The largest absolute Gasteiger partial charge is 0.458 e. The summed E-state index contributed by atoms with van der Waals surface area (Å²) in [5.74, 6) is 0.441. The predicted molar refractivity (Wildman–Crippen MR) is 106 cm³/mol. The second kappa shape index (κ2) is 7.72. The monoisotopic (exact) mass is 388 g/mol. The molecular weight excluding hydrogens is 364 g/mol. The Bertz CT molecular complexity index is 1020. The minimum Gasteiger partial charge on any atom is -0.458 e. The number of aliphatic hydroxyl groups is 1. The molecule has 0 amide bonds. The Hall–Kier alpha value is -2.35. The number of benzene rings is 2. The van der Waals surface area contributed by atoms with E-state index in [0.29, 0.717) is 23.6 Å². The summed E-state index contributed by atoms with van der Waals surface area (Å²) in [7, 11) is -3.67. The van der Waals surface area contributed by atoms with E-state index in [1.165, 1.54) is 0 Å². The summed E-state index contributed by atoms with van der Waals surface area (Å²) in [4.78, 5) is 0.205. The topological polar surface area (TPSA) is 91.6 Å². The number of hydrogen-bond acceptors (Lipinski definition) is 5. The lowest BCUT2D eigenvalue weighted by Crippen LogP contribution is -2.27. The molecule has 0 aliphatic rings. The number of hydrogen-bond donors (Lipinski definition) is 3. The number of furan rings is 1. The number of nitrogens with one attached hydrogen (secondary N) is 2.